The van der Waals surface area contributed by atoms with Crippen molar-refractivity contribution in [2.75, 3.05) is 26.6 Å². The van der Waals surface area contributed by atoms with Crippen molar-refractivity contribution in [2.24, 2.45) is 0 Å². The highest BCUT2D eigenvalue weighted by Gasteiger charge is 2.14. The third kappa shape index (κ3) is 4.11. The van der Waals surface area contributed by atoms with Crippen LogP contribution in [-0.4, -0.2) is 41.8 Å². The number of hydrogen-bond donors (Lipinski definition) is 1. The quantitative estimate of drug-likeness (QED) is 0.656. The number of aromatic nitrogens is 3. The van der Waals surface area contributed by atoms with Gasteiger partial charge in [-0.2, -0.15) is 0 Å². The maximum Gasteiger partial charge on any atom is 0.224 e. The minimum Gasteiger partial charge on any atom is -0.493 e. The summed E-state index contributed by atoms with van der Waals surface area (Å²) in [6.45, 7) is 0. The van der Waals surface area contributed by atoms with E-state index < -0.39 is 0 Å². The number of nitrogens with zero attached hydrogens (tertiary/aromatic N) is 3. The summed E-state index contributed by atoms with van der Waals surface area (Å²) in [5, 5.41) is 11.1. The van der Waals surface area contributed by atoms with Crippen molar-refractivity contribution in [2.45, 2.75) is 19.3 Å². The van der Waals surface area contributed by atoms with E-state index in [9.17, 15) is 4.79 Å². The Morgan fingerprint density at radius 3 is 2.48 bits per heavy atom. The Kier molecular flexibility index (Phi) is 5.75. The van der Waals surface area contributed by atoms with Crippen LogP contribution >= 0.6 is 0 Å². The van der Waals surface area contributed by atoms with Crippen LogP contribution in [0.25, 0.3) is 5.65 Å². The van der Waals surface area contributed by atoms with Gasteiger partial charge in [-0.3, -0.25) is 9.20 Å². The molecule has 0 bridgehead atoms. The van der Waals surface area contributed by atoms with Gasteiger partial charge in [0, 0.05) is 36.9 Å². The van der Waals surface area contributed by atoms with Crippen LogP contribution in [0.2, 0.25) is 0 Å². The second-order valence-electron chi connectivity index (χ2n) is 5.86. The van der Waals surface area contributed by atoms with Crippen LogP contribution in [0, 0.1) is 0 Å². The average molecular weight is 370 g/mol. The van der Waals surface area contributed by atoms with Crippen molar-refractivity contribution in [3.63, 3.8) is 0 Å². The number of aryl methyl sites for hydroxylation is 1. The topological polar surface area (TPSA) is 87.0 Å². The number of carbonyl (C=O) groups excluding carboxylic acids is 1. The first kappa shape index (κ1) is 18.5. The van der Waals surface area contributed by atoms with Gasteiger partial charge in [-0.15, -0.1) is 10.2 Å². The average Bonchev–Trinajstić information content (AvgIpc) is 3.10. The van der Waals surface area contributed by atoms with E-state index >= 15 is 0 Å². The SMILES string of the molecule is COc1cc(NC(=O)CCCc2nnc3ccccn23)cc(OC)c1OC. The molecule has 2 heterocycles. The van der Waals surface area contributed by atoms with Crippen molar-refractivity contribution >= 4 is 17.2 Å². The van der Waals surface area contributed by atoms with E-state index in [0.717, 1.165) is 11.5 Å². The molecule has 0 aliphatic carbocycles. The molecule has 1 amide bonds. The smallest absolute Gasteiger partial charge is 0.224 e. The summed E-state index contributed by atoms with van der Waals surface area (Å²) in [7, 11) is 4.60. The first-order chi connectivity index (χ1) is 13.2. The lowest BCUT2D eigenvalue weighted by Crippen LogP contribution is -2.12. The van der Waals surface area contributed by atoms with Gasteiger partial charge in [0.05, 0.1) is 21.3 Å². The monoisotopic (exact) mass is 370 g/mol. The molecule has 0 saturated heterocycles. The van der Waals surface area contributed by atoms with E-state index in [1.807, 2.05) is 28.8 Å². The van der Waals surface area contributed by atoms with E-state index in [1.54, 1.807) is 12.1 Å². The Morgan fingerprint density at radius 1 is 1.07 bits per heavy atom. The minimum absolute atomic E-state index is 0.0990. The molecule has 142 valence electrons. The molecule has 0 fully saturated rings. The predicted molar refractivity (Wildman–Crippen MR) is 101 cm³/mol. The molecule has 0 atom stereocenters. The Labute approximate surface area is 157 Å². The van der Waals surface area contributed by atoms with Crippen molar-refractivity contribution in [1.82, 2.24) is 14.6 Å². The second-order valence-corrected chi connectivity index (χ2v) is 5.86. The Hall–Kier alpha value is -3.29. The third-order valence-corrected chi connectivity index (χ3v) is 4.14. The number of hydrogen-bond acceptors (Lipinski definition) is 6. The molecule has 0 aliphatic rings. The molecule has 8 heteroatoms. The van der Waals surface area contributed by atoms with Crippen LogP contribution in [-0.2, 0) is 11.2 Å². The van der Waals surface area contributed by atoms with Gasteiger partial charge in [-0.05, 0) is 18.6 Å². The molecule has 0 unspecified atom stereocenters. The summed E-state index contributed by atoms with van der Waals surface area (Å²) in [6, 6.07) is 9.14. The lowest BCUT2D eigenvalue weighted by atomic mass is 10.2. The van der Waals surface area contributed by atoms with Gasteiger partial charge in [0.15, 0.2) is 17.1 Å². The van der Waals surface area contributed by atoms with Gasteiger partial charge >= 0.3 is 0 Å². The molecule has 8 nitrogen and oxygen atoms in total. The molecule has 0 saturated carbocycles. The van der Waals surface area contributed by atoms with E-state index in [2.05, 4.69) is 15.5 Å². The highest BCUT2D eigenvalue weighted by atomic mass is 16.5. The van der Waals surface area contributed by atoms with Crippen molar-refractivity contribution in [1.29, 1.82) is 0 Å². The summed E-state index contributed by atoms with van der Waals surface area (Å²) in [4.78, 5) is 12.3. The Morgan fingerprint density at radius 2 is 1.81 bits per heavy atom. The number of ether oxygens (including phenoxy) is 3. The molecule has 3 rings (SSSR count). The zero-order valence-electron chi connectivity index (χ0n) is 15.6. The van der Waals surface area contributed by atoms with Crippen LogP contribution in [0.5, 0.6) is 17.2 Å². The number of rotatable bonds is 8. The molecule has 2 aromatic heterocycles. The molecular formula is C19H22N4O4. The molecule has 1 N–H and O–H groups in total. The molecule has 0 spiro atoms. The molecular weight excluding hydrogens is 348 g/mol. The highest BCUT2D eigenvalue weighted by Crippen LogP contribution is 2.39. The van der Waals surface area contributed by atoms with Crippen LogP contribution in [0.4, 0.5) is 5.69 Å². The van der Waals surface area contributed by atoms with Gasteiger partial charge < -0.3 is 19.5 Å². The van der Waals surface area contributed by atoms with E-state index in [1.165, 1.54) is 21.3 Å². The summed E-state index contributed by atoms with van der Waals surface area (Å²) in [6.07, 6.45) is 3.60. The largest absolute Gasteiger partial charge is 0.493 e. The molecule has 27 heavy (non-hydrogen) atoms. The summed E-state index contributed by atoms with van der Waals surface area (Å²) < 4.78 is 17.8. The van der Waals surface area contributed by atoms with Gasteiger partial charge in [0.1, 0.15) is 5.82 Å². The maximum absolute atomic E-state index is 12.3. The molecule has 0 aliphatic heterocycles. The van der Waals surface area contributed by atoms with Crippen LogP contribution in [0.3, 0.4) is 0 Å². The highest BCUT2D eigenvalue weighted by molar-refractivity contribution is 5.91. The van der Waals surface area contributed by atoms with Crippen LogP contribution in [0.15, 0.2) is 36.5 Å². The second kappa shape index (κ2) is 8.39. The van der Waals surface area contributed by atoms with E-state index in [-0.39, 0.29) is 5.91 Å². The van der Waals surface area contributed by atoms with Crippen molar-refractivity contribution in [3.8, 4) is 17.2 Å². The van der Waals surface area contributed by atoms with Crippen LogP contribution in [0.1, 0.15) is 18.7 Å². The number of carbonyl (C=O) groups is 1. The fourth-order valence-corrected chi connectivity index (χ4v) is 2.85. The van der Waals surface area contributed by atoms with Crippen molar-refractivity contribution in [3.05, 3.63) is 42.4 Å². The van der Waals surface area contributed by atoms with Crippen LogP contribution < -0.4 is 19.5 Å². The molecule has 0 radical (unpaired) electrons. The standard InChI is InChI=1S/C19H22N4O4/c1-25-14-11-13(12-15(26-2)19(14)27-3)20-18(24)9-6-8-17-22-21-16-7-4-5-10-23(16)17/h4-5,7,10-12H,6,8-9H2,1-3H3,(H,20,24). The van der Waals surface area contributed by atoms with E-state index in [4.69, 9.17) is 14.2 Å². The minimum atomic E-state index is -0.0990. The van der Waals surface area contributed by atoms with E-state index in [0.29, 0.717) is 42.2 Å². The van der Waals surface area contributed by atoms with Gasteiger partial charge in [-0.1, -0.05) is 6.07 Å². The summed E-state index contributed by atoms with van der Waals surface area (Å²) in [5.41, 5.74) is 1.39. The number of pyridine rings is 1. The Bertz CT molecular complexity index is 913. The number of amides is 1. The first-order valence-electron chi connectivity index (χ1n) is 8.54. The Balaban J connectivity index is 1.61. The van der Waals surface area contributed by atoms with Gasteiger partial charge in [0.2, 0.25) is 11.7 Å². The van der Waals surface area contributed by atoms with Crippen molar-refractivity contribution < 1.29 is 19.0 Å². The summed E-state index contributed by atoms with van der Waals surface area (Å²) in [5.74, 6) is 2.20. The fraction of sp³-hybridized carbons (Fsp3) is 0.316. The zero-order valence-corrected chi connectivity index (χ0v) is 15.6. The normalized spacial score (nSPS) is 10.6. The zero-order chi connectivity index (χ0) is 19.2. The lowest BCUT2D eigenvalue weighted by molar-refractivity contribution is -0.116. The summed E-state index contributed by atoms with van der Waals surface area (Å²) >= 11 is 0. The first-order valence-corrected chi connectivity index (χ1v) is 8.54. The number of nitrogens with one attached hydrogen (secondary N) is 1. The molecule has 1 aromatic carbocycles. The maximum atomic E-state index is 12.3. The third-order valence-electron chi connectivity index (χ3n) is 4.14. The van der Waals surface area contributed by atoms with Gasteiger partial charge in [-0.25, -0.2) is 0 Å². The number of benzene rings is 1. The number of methoxy groups -OCH3 is 3. The number of anilines is 1. The number of fused-ring (bicyclic) bond motifs is 1. The predicted octanol–water partition coefficient (Wildman–Crippen LogP) is 2.72. The fourth-order valence-electron chi connectivity index (χ4n) is 2.85. The molecule has 3 aromatic rings. The van der Waals surface area contributed by atoms with Gasteiger partial charge in [0.25, 0.3) is 0 Å². The lowest BCUT2D eigenvalue weighted by Gasteiger charge is -2.14.